The van der Waals surface area contributed by atoms with Crippen molar-refractivity contribution in [3.8, 4) is 10.7 Å². The Morgan fingerprint density at radius 3 is 2.46 bits per heavy atom. The van der Waals surface area contributed by atoms with Gasteiger partial charge in [-0.05, 0) is 63.1 Å². The lowest BCUT2D eigenvalue weighted by molar-refractivity contribution is 0.0623. The smallest absolute Gasteiger partial charge is 0.256 e. The van der Waals surface area contributed by atoms with Crippen LogP contribution in [0.4, 0.5) is 0 Å². The van der Waals surface area contributed by atoms with Crippen molar-refractivity contribution in [1.82, 2.24) is 19.8 Å². The van der Waals surface area contributed by atoms with Crippen LogP contribution in [0.15, 0.2) is 29.9 Å². The van der Waals surface area contributed by atoms with Crippen LogP contribution in [-0.2, 0) is 0 Å². The third-order valence-electron chi connectivity index (χ3n) is 5.87. The number of aromatic nitrogens is 2. The van der Waals surface area contributed by atoms with Crippen molar-refractivity contribution in [3.63, 3.8) is 0 Å². The highest BCUT2D eigenvalue weighted by Gasteiger charge is 2.30. The van der Waals surface area contributed by atoms with E-state index in [9.17, 15) is 4.79 Å². The monoisotopic (exact) mass is 370 g/mol. The number of carbonyl (C=O) groups excluding carboxylic acids is 1. The highest BCUT2D eigenvalue weighted by Crippen LogP contribution is 2.27. The molecule has 0 aliphatic carbocycles. The Bertz CT molecular complexity index is 717. The number of hydrogen-bond acceptors (Lipinski definition) is 5. The Labute approximate surface area is 159 Å². The summed E-state index contributed by atoms with van der Waals surface area (Å²) in [4.78, 5) is 27.1. The molecule has 0 radical (unpaired) electrons. The molecule has 26 heavy (non-hydrogen) atoms. The van der Waals surface area contributed by atoms with Gasteiger partial charge in [-0.15, -0.1) is 11.3 Å². The SMILES string of the molecule is C[C@@H](C1CCN(C(=O)c2cnc(-c3cccs3)nc2)CC1)N1CCCC1. The van der Waals surface area contributed by atoms with Gasteiger partial charge in [-0.1, -0.05) is 6.07 Å². The second-order valence-corrected chi connectivity index (χ2v) is 8.33. The summed E-state index contributed by atoms with van der Waals surface area (Å²) in [6.07, 6.45) is 8.20. The van der Waals surface area contributed by atoms with Crippen molar-refractivity contribution in [2.24, 2.45) is 5.92 Å². The first-order chi connectivity index (χ1) is 12.7. The molecule has 0 unspecified atom stereocenters. The van der Waals surface area contributed by atoms with Crippen LogP contribution < -0.4 is 0 Å². The minimum absolute atomic E-state index is 0.0648. The molecule has 2 saturated heterocycles. The van der Waals surface area contributed by atoms with Gasteiger partial charge >= 0.3 is 0 Å². The normalized spacial score (nSPS) is 20.4. The topological polar surface area (TPSA) is 49.3 Å². The molecule has 1 atom stereocenters. The Balaban J connectivity index is 1.34. The fourth-order valence-electron chi connectivity index (χ4n) is 4.19. The zero-order chi connectivity index (χ0) is 17.9. The lowest BCUT2D eigenvalue weighted by Gasteiger charge is -2.38. The largest absolute Gasteiger partial charge is 0.339 e. The highest BCUT2D eigenvalue weighted by molar-refractivity contribution is 7.13. The second kappa shape index (κ2) is 7.84. The van der Waals surface area contributed by atoms with Crippen LogP contribution in [0.2, 0.25) is 0 Å². The molecule has 1 amide bonds. The molecule has 0 spiro atoms. The average Bonchev–Trinajstić information content (AvgIpc) is 3.41. The van der Waals surface area contributed by atoms with Crippen LogP contribution in [-0.4, -0.2) is 57.9 Å². The second-order valence-electron chi connectivity index (χ2n) is 7.39. The average molecular weight is 371 g/mol. The molecule has 0 saturated carbocycles. The van der Waals surface area contributed by atoms with Gasteiger partial charge in [-0.3, -0.25) is 4.79 Å². The van der Waals surface area contributed by atoms with Gasteiger partial charge in [0, 0.05) is 31.5 Å². The van der Waals surface area contributed by atoms with Crippen molar-refractivity contribution in [2.45, 2.75) is 38.6 Å². The van der Waals surface area contributed by atoms with Gasteiger partial charge in [0.2, 0.25) is 0 Å². The lowest BCUT2D eigenvalue weighted by atomic mass is 9.89. The van der Waals surface area contributed by atoms with Crippen LogP contribution in [0.3, 0.4) is 0 Å². The van der Waals surface area contributed by atoms with Crippen molar-refractivity contribution < 1.29 is 4.79 Å². The molecule has 2 aromatic rings. The quantitative estimate of drug-likeness (QED) is 0.826. The molecule has 0 aromatic carbocycles. The summed E-state index contributed by atoms with van der Waals surface area (Å²) in [5.41, 5.74) is 0.594. The van der Waals surface area contributed by atoms with Crippen molar-refractivity contribution >= 4 is 17.2 Å². The summed E-state index contributed by atoms with van der Waals surface area (Å²) in [6, 6.07) is 4.62. The van der Waals surface area contributed by atoms with E-state index in [1.54, 1.807) is 23.7 Å². The van der Waals surface area contributed by atoms with E-state index >= 15 is 0 Å². The molecule has 2 aromatic heterocycles. The Hall–Kier alpha value is -1.79. The molecule has 2 aliphatic heterocycles. The first-order valence-corrected chi connectivity index (χ1v) is 10.5. The van der Waals surface area contributed by atoms with Gasteiger partial charge < -0.3 is 9.80 Å². The standard InChI is InChI=1S/C20H26N4OS/c1-15(23-8-2-3-9-23)16-6-10-24(11-7-16)20(25)17-13-21-19(22-14-17)18-5-4-12-26-18/h4-5,12-16H,2-3,6-11H2,1H3/t15-/m0/s1. The van der Waals surface area contributed by atoms with E-state index in [0.29, 0.717) is 23.3 Å². The molecule has 0 N–H and O–H groups in total. The summed E-state index contributed by atoms with van der Waals surface area (Å²) in [7, 11) is 0. The van der Waals surface area contributed by atoms with Gasteiger partial charge in [0.1, 0.15) is 0 Å². The molecule has 2 aliphatic rings. The fourth-order valence-corrected chi connectivity index (χ4v) is 4.86. The number of thiophene rings is 1. The summed E-state index contributed by atoms with van der Waals surface area (Å²) in [5, 5.41) is 2.01. The van der Waals surface area contributed by atoms with Crippen LogP contribution in [0.5, 0.6) is 0 Å². The fraction of sp³-hybridized carbons (Fsp3) is 0.550. The molecule has 4 rings (SSSR count). The summed E-state index contributed by atoms with van der Waals surface area (Å²) in [5.74, 6) is 1.46. The van der Waals surface area contributed by atoms with E-state index in [4.69, 9.17) is 0 Å². The number of rotatable bonds is 4. The molecular weight excluding hydrogens is 344 g/mol. The van der Waals surface area contributed by atoms with E-state index in [1.165, 1.54) is 25.9 Å². The van der Waals surface area contributed by atoms with E-state index < -0.39 is 0 Å². The van der Waals surface area contributed by atoms with E-state index in [1.807, 2.05) is 22.4 Å². The molecule has 2 fully saturated rings. The maximum Gasteiger partial charge on any atom is 0.256 e. The first-order valence-electron chi connectivity index (χ1n) is 9.61. The molecule has 5 nitrogen and oxygen atoms in total. The third-order valence-corrected chi connectivity index (χ3v) is 6.73. The first kappa shape index (κ1) is 17.6. The van der Waals surface area contributed by atoms with Crippen LogP contribution >= 0.6 is 11.3 Å². The number of piperidine rings is 1. The Morgan fingerprint density at radius 1 is 1.15 bits per heavy atom. The number of carbonyl (C=O) groups is 1. The van der Waals surface area contributed by atoms with Crippen molar-refractivity contribution in [1.29, 1.82) is 0 Å². The van der Waals surface area contributed by atoms with E-state index in [0.717, 1.165) is 30.8 Å². The lowest BCUT2D eigenvalue weighted by Crippen LogP contribution is -2.45. The predicted molar refractivity (Wildman–Crippen MR) is 104 cm³/mol. The van der Waals surface area contributed by atoms with E-state index in [2.05, 4.69) is 21.8 Å². The van der Waals surface area contributed by atoms with Gasteiger partial charge in [0.05, 0.1) is 10.4 Å². The number of likely N-dealkylation sites (tertiary alicyclic amines) is 2. The van der Waals surface area contributed by atoms with Gasteiger partial charge in [-0.2, -0.15) is 0 Å². The molecule has 6 heteroatoms. The highest BCUT2D eigenvalue weighted by atomic mass is 32.1. The van der Waals surface area contributed by atoms with Crippen molar-refractivity contribution in [2.75, 3.05) is 26.2 Å². The third kappa shape index (κ3) is 3.67. The van der Waals surface area contributed by atoms with Gasteiger partial charge in [-0.25, -0.2) is 9.97 Å². The van der Waals surface area contributed by atoms with Crippen LogP contribution in [0.1, 0.15) is 43.0 Å². The number of hydrogen-bond donors (Lipinski definition) is 0. The Morgan fingerprint density at radius 2 is 1.85 bits per heavy atom. The molecule has 138 valence electrons. The minimum atomic E-state index is 0.0648. The minimum Gasteiger partial charge on any atom is -0.339 e. The predicted octanol–water partition coefficient (Wildman–Crippen LogP) is 3.54. The summed E-state index contributed by atoms with van der Waals surface area (Å²) in [6.45, 7) is 6.54. The molecular formula is C20H26N4OS. The summed E-state index contributed by atoms with van der Waals surface area (Å²) >= 11 is 1.61. The molecule has 0 bridgehead atoms. The summed E-state index contributed by atoms with van der Waals surface area (Å²) < 4.78 is 0. The number of amides is 1. The van der Waals surface area contributed by atoms with Crippen LogP contribution in [0, 0.1) is 5.92 Å². The van der Waals surface area contributed by atoms with E-state index in [-0.39, 0.29) is 5.91 Å². The van der Waals surface area contributed by atoms with Gasteiger partial charge in [0.15, 0.2) is 5.82 Å². The van der Waals surface area contributed by atoms with Crippen molar-refractivity contribution in [3.05, 3.63) is 35.5 Å². The van der Waals surface area contributed by atoms with Crippen LogP contribution in [0.25, 0.3) is 10.7 Å². The maximum atomic E-state index is 12.8. The zero-order valence-corrected chi connectivity index (χ0v) is 16.1. The number of nitrogens with zero attached hydrogens (tertiary/aromatic N) is 4. The Kier molecular flexibility index (Phi) is 5.31. The zero-order valence-electron chi connectivity index (χ0n) is 15.3. The molecule has 4 heterocycles. The van der Waals surface area contributed by atoms with Gasteiger partial charge in [0.25, 0.3) is 5.91 Å². The maximum absolute atomic E-state index is 12.8.